The molecule has 0 saturated carbocycles. The van der Waals surface area contributed by atoms with Gasteiger partial charge in [-0.1, -0.05) is 56.9 Å². The van der Waals surface area contributed by atoms with Crippen molar-refractivity contribution >= 4 is 5.91 Å². The molecule has 0 spiro atoms. The van der Waals surface area contributed by atoms with E-state index in [0.717, 1.165) is 31.5 Å². The Labute approximate surface area is 215 Å². The van der Waals surface area contributed by atoms with Crippen molar-refractivity contribution in [1.82, 2.24) is 14.8 Å². The third-order valence-corrected chi connectivity index (χ3v) is 8.06. The van der Waals surface area contributed by atoms with Gasteiger partial charge in [-0.3, -0.25) is 9.78 Å². The average molecular weight is 490 g/mol. The monoisotopic (exact) mass is 489 g/mol. The molecular formula is C30H39N3O3. The Kier molecular flexibility index (Phi) is 7.56. The van der Waals surface area contributed by atoms with Crippen LogP contribution in [-0.4, -0.2) is 70.2 Å². The zero-order valence-electron chi connectivity index (χ0n) is 22.2. The number of rotatable bonds is 5. The van der Waals surface area contributed by atoms with Crippen molar-refractivity contribution in [3.8, 4) is 11.8 Å². The molecule has 4 rings (SSSR count). The first-order valence-electron chi connectivity index (χ1n) is 13.0. The van der Waals surface area contributed by atoms with E-state index in [-0.39, 0.29) is 17.2 Å². The first kappa shape index (κ1) is 26.3. The molecule has 0 radical (unpaired) electrons. The molecule has 0 bridgehead atoms. The first-order chi connectivity index (χ1) is 17.0. The predicted octanol–water partition coefficient (Wildman–Crippen LogP) is 3.36. The molecule has 2 unspecified atom stereocenters. The van der Waals surface area contributed by atoms with Crippen molar-refractivity contribution in [1.29, 1.82) is 0 Å². The molecular weight excluding hydrogens is 450 g/mol. The normalized spacial score (nSPS) is 20.7. The van der Waals surface area contributed by atoms with Crippen LogP contribution < -0.4 is 0 Å². The molecule has 2 aliphatic rings. The molecule has 1 aromatic carbocycles. The molecule has 1 aromatic heterocycles. The van der Waals surface area contributed by atoms with E-state index in [1.165, 1.54) is 5.56 Å². The highest BCUT2D eigenvalue weighted by Gasteiger charge is 2.55. The Balaban J connectivity index is 1.61. The van der Waals surface area contributed by atoms with Crippen molar-refractivity contribution in [3.05, 3.63) is 65.0 Å². The van der Waals surface area contributed by atoms with Gasteiger partial charge in [-0.25, -0.2) is 0 Å². The van der Waals surface area contributed by atoms with Crippen LogP contribution in [0.5, 0.6) is 0 Å². The summed E-state index contributed by atoms with van der Waals surface area (Å²) in [5.74, 6) is 6.63. The van der Waals surface area contributed by atoms with Crippen molar-refractivity contribution in [2.45, 2.75) is 58.2 Å². The molecule has 36 heavy (non-hydrogen) atoms. The van der Waals surface area contributed by atoms with Crippen LogP contribution in [0.1, 0.15) is 68.7 Å². The number of piperidine rings is 1. The van der Waals surface area contributed by atoms with E-state index < -0.39 is 11.7 Å². The lowest BCUT2D eigenvalue weighted by molar-refractivity contribution is -0.130. The number of amides is 1. The SMILES string of the molecule is CC(=O)N1CCC(C(O)C#Cc2cncc(C(O)(c3ccc(C(C)C)cc3)C3(C)CN(C)C3)c2)CC1. The Morgan fingerprint density at radius 2 is 1.78 bits per heavy atom. The summed E-state index contributed by atoms with van der Waals surface area (Å²) in [6, 6.07) is 10.2. The maximum Gasteiger partial charge on any atom is 0.219 e. The van der Waals surface area contributed by atoms with E-state index in [0.29, 0.717) is 30.1 Å². The summed E-state index contributed by atoms with van der Waals surface area (Å²) < 4.78 is 0. The average Bonchev–Trinajstić information content (AvgIpc) is 2.86. The number of carbonyl (C=O) groups excluding carboxylic acids is 1. The van der Waals surface area contributed by atoms with Crippen molar-refractivity contribution in [2.75, 3.05) is 33.2 Å². The molecule has 2 aromatic rings. The minimum Gasteiger partial charge on any atom is -0.380 e. The molecule has 2 saturated heterocycles. The van der Waals surface area contributed by atoms with E-state index in [4.69, 9.17) is 0 Å². The molecule has 2 fully saturated rings. The number of aromatic nitrogens is 1. The van der Waals surface area contributed by atoms with Gasteiger partial charge >= 0.3 is 0 Å². The lowest BCUT2D eigenvalue weighted by Crippen LogP contribution is -2.63. The molecule has 6 heteroatoms. The van der Waals surface area contributed by atoms with Crippen LogP contribution in [0.3, 0.4) is 0 Å². The zero-order valence-corrected chi connectivity index (χ0v) is 22.2. The number of carbonyl (C=O) groups is 1. The summed E-state index contributed by atoms with van der Waals surface area (Å²) in [5.41, 5.74) is 1.87. The lowest BCUT2D eigenvalue weighted by Gasteiger charge is -2.55. The molecule has 192 valence electrons. The summed E-state index contributed by atoms with van der Waals surface area (Å²) in [6.07, 6.45) is 4.14. The Bertz CT molecular complexity index is 1140. The Hall–Kier alpha value is -2.72. The van der Waals surface area contributed by atoms with Crippen LogP contribution in [0.25, 0.3) is 0 Å². The number of nitrogens with zero attached hydrogens (tertiary/aromatic N) is 3. The number of benzene rings is 1. The van der Waals surface area contributed by atoms with Gasteiger partial charge in [0.05, 0.1) is 0 Å². The van der Waals surface area contributed by atoms with Crippen molar-refractivity contribution in [2.24, 2.45) is 11.3 Å². The summed E-state index contributed by atoms with van der Waals surface area (Å²) in [5, 5.41) is 23.1. The fourth-order valence-electron chi connectivity index (χ4n) is 5.86. The van der Waals surface area contributed by atoms with Crippen LogP contribution in [0.2, 0.25) is 0 Å². The van der Waals surface area contributed by atoms with Crippen molar-refractivity contribution in [3.63, 3.8) is 0 Å². The van der Waals surface area contributed by atoms with Gasteiger partial charge in [0.25, 0.3) is 0 Å². The minimum absolute atomic E-state index is 0.0464. The van der Waals surface area contributed by atoms with E-state index in [1.54, 1.807) is 19.3 Å². The topological polar surface area (TPSA) is 76.9 Å². The van der Waals surface area contributed by atoms with Crippen LogP contribution in [0.15, 0.2) is 42.7 Å². The van der Waals surface area contributed by atoms with Gasteiger partial charge in [-0.2, -0.15) is 0 Å². The molecule has 2 aliphatic heterocycles. The summed E-state index contributed by atoms with van der Waals surface area (Å²) in [7, 11) is 2.06. The summed E-state index contributed by atoms with van der Waals surface area (Å²) in [6.45, 7) is 10.9. The second kappa shape index (κ2) is 10.3. The summed E-state index contributed by atoms with van der Waals surface area (Å²) in [4.78, 5) is 20.0. The Morgan fingerprint density at radius 1 is 1.14 bits per heavy atom. The molecule has 2 atom stereocenters. The zero-order chi connectivity index (χ0) is 26.1. The number of hydrogen-bond donors (Lipinski definition) is 2. The Morgan fingerprint density at radius 3 is 2.33 bits per heavy atom. The molecule has 3 heterocycles. The van der Waals surface area contributed by atoms with Gasteiger partial charge in [-0.15, -0.1) is 0 Å². The highest BCUT2D eigenvalue weighted by molar-refractivity contribution is 5.73. The van der Waals surface area contributed by atoms with Crippen LogP contribution in [0.4, 0.5) is 0 Å². The van der Waals surface area contributed by atoms with E-state index in [9.17, 15) is 15.0 Å². The number of hydrogen-bond acceptors (Lipinski definition) is 5. The van der Waals surface area contributed by atoms with Crippen LogP contribution in [-0.2, 0) is 10.4 Å². The number of likely N-dealkylation sites (tertiary alicyclic amines) is 2. The lowest BCUT2D eigenvalue weighted by atomic mass is 9.62. The predicted molar refractivity (Wildman–Crippen MR) is 141 cm³/mol. The van der Waals surface area contributed by atoms with Gasteiger partial charge in [0, 0.05) is 62.0 Å². The molecule has 2 N–H and O–H groups in total. The largest absolute Gasteiger partial charge is 0.380 e. The maximum absolute atomic E-state index is 12.4. The van der Waals surface area contributed by atoms with E-state index in [1.807, 2.05) is 23.1 Å². The maximum atomic E-state index is 12.4. The van der Waals surface area contributed by atoms with Crippen LogP contribution in [0, 0.1) is 23.2 Å². The highest BCUT2D eigenvalue weighted by Crippen LogP contribution is 2.50. The van der Waals surface area contributed by atoms with E-state index in [2.05, 4.69) is 61.7 Å². The highest BCUT2D eigenvalue weighted by atomic mass is 16.3. The second-order valence-corrected chi connectivity index (χ2v) is 11.2. The third kappa shape index (κ3) is 5.06. The van der Waals surface area contributed by atoms with Gasteiger partial charge in [0.1, 0.15) is 11.7 Å². The standard InChI is InChI=1S/C30H39N3O3/c1-21(2)24-7-9-26(10-8-24)30(36,29(4)19-32(5)20-29)27-16-23(17-31-18-27)6-11-28(35)25-12-14-33(15-13-25)22(3)34/h7-10,16-18,21,25,28,35-36H,12-15,19-20H2,1-5H3. The minimum atomic E-state index is -1.22. The van der Waals surface area contributed by atoms with E-state index >= 15 is 0 Å². The van der Waals surface area contributed by atoms with Gasteiger partial charge in [-0.05, 0) is 48.9 Å². The number of pyridine rings is 1. The first-order valence-corrected chi connectivity index (χ1v) is 13.0. The van der Waals surface area contributed by atoms with Gasteiger partial charge in [0.2, 0.25) is 5.91 Å². The smallest absolute Gasteiger partial charge is 0.219 e. The fourth-order valence-corrected chi connectivity index (χ4v) is 5.86. The fraction of sp³-hybridized carbons (Fsp3) is 0.533. The molecule has 0 aliphatic carbocycles. The second-order valence-electron chi connectivity index (χ2n) is 11.2. The number of aliphatic hydroxyl groups is 2. The van der Waals surface area contributed by atoms with Gasteiger partial charge < -0.3 is 20.0 Å². The summed E-state index contributed by atoms with van der Waals surface area (Å²) >= 11 is 0. The third-order valence-electron chi connectivity index (χ3n) is 8.06. The molecule has 6 nitrogen and oxygen atoms in total. The van der Waals surface area contributed by atoms with Crippen molar-refractivity contribution < 1.29 is 15.0 Å². The van der Waals surface area contributed by atoms with Crippen LogP contribution >= 0.6 is 0 Å². The number of aliphatic hydroxyl groups excluding tert-OH is 1. The molecule has 1 amide bonds. The van der Waals surface area contributed by atoms with Gasteiger partial charge in [0.15, 0.2) is 0 Å². The quantitative estimate of drug-likeness (QED) is 0.630.